The lowest BCUT2D eigenvalue weighted by atomic mass is 9.84. The van der Waals surface area contributed by atoms with Crippen molar-refractivity contribution in [3.05, 3.63) is 47.0 Å². The van der Waals surface area contributed by atoms with Crippen LogP contribution in [0.15, 0.2) is 46.5 Å². The first-order chi connectivity index (χ1) is 15.5. The third-order valence-electron chi connectivity index (χ3n) is 5.55. The van der Waals surface area contributed by atoms with Gasteiger partial charge >= 0.3 is 17.9 Å². The van der Waals surface area contributed by atoms with Crippen LogP contribution in [0, 0.1) is 0 Å². The van der Waals surface area contributed by atoms with E-state index in [-0.39, 0.29) is 36.3 Å². The Morgan fingerprint density at radius 1 is 1.00 bits per heavy atom. The number of esters is 3. The molecule has 1 aromatic rings. The van der Waals surface area contributed by atoms with Crippen molar-refractivity contribution in [1.29, 1.82) is 0 Å². The van der Waals surface area contributed by atoms with Crippen LogP contribution < -0.4 is 0 Å². The van der Waals surface area contributed by atoms with E-state index in [9.17, 15) is 14.4 Å². The van der Waals surface area contributed by atoms with Crippen LogP contribution in [0.25, 0.3) is 0 Å². The zero-order valence-corrected chi connectivity index (χ0v) is 18.7. The van der Waals surface area contributed by atoms with Gasteiger partial charge in [0.15, 0.2) is 0 Å². The van der Waals surface area contributed by atoms with E-state index < -0.39 is 23.5 Å². The van der Waals surface area contributed by atoms with Crippen LogP contribution in [-0.4, -0.2) is 50.2 Å². The van der Waals surface area contributed by atoms with Gasteiger partial charge in [-0.15, -0.1) is 0 Å². The number of nitrogens with zero attached hydrogens (tertiary/aromatic N) is 1. The molecule has 1 aliphatic carbocycles. The molecule has 3 rings (SSSR count). The first kappa shape index (κ1) is 23.5. The minimum absolute atomic E-state index is 0.0413. The summed E-state index contributed by atoms with van der Waals surface area (Å²) in [6.07, 6.45) is 4.78. The van der Waals surface area contributed by atoms with Crippen LogP contribution in [0.1, 0.15) is 51.5 Å². The molecule has 8 nitrogen and oxygen atoms in total. The minimum atomic E-state index is -2.03. The molecular formula is C24H29NO7. The largest absolute Gasteiger partial charge is 0.466 e. The number of aliphatic imine (C=N–C) groups is 1. The maximum atomic E-state index is 13.2. The average Bonchev–Trinajstić information content (AvgIpc) is 3.16. The quantitative estimate of drug-likeness (QED) is 0.471. The molecule has 1 atom stereocenters. The highest BCUT2D eigenvalue weighted by Crippen LogP contribution is 2.44. The van der Waals surface area contributed by atoms with E-state index in [1.54, 1.807) is 44.2 Å². The van der Waals surface area contributed by atoms with Crippen LogP contribution >= 0.6 is 0 Å². The van der Waals surface area contributed by atoms with Crippen molar-refractivity contribution in [2.24, 2.45) is 4.99 Å². The molecule has 1 heterocycles. The molecule has 2 aliphatic rings. The van der Waals surface area contributed by atoms with Crippen molar-refractivity contribution in [3.63, 3.8) is 0 Å². The zero-order chi connectivity index (χ0) is 23.1. The smallest absolute Gasteiger partial charge is 0.360 e. The van der Waals surface area contributed by atoms with Crippen LogP contribution in [0.3, 0.4) is 0 Å². The predicted molar refractivity (Wildman–Crippen MR) is 116 cm³/mol. The predicted octanol–water partition coefficient (Wildman–Crippen LogP) is 3.24. The lowest BCUT2D eigenvalue weighted by Crippen LogP contribution is -2.42. The maximum absolute atomic E-state index is 13.2. The Morgan fingerprint density at radius 2 is 1.62 bits per heavy atom. The fourth-order valence-corrected chi connectivity index (χ4v) is 4.12. The number of carbonyl (C=O) groups is 3. The van der Waals surface area contributed by atoms with Gasteiger partial charge in [-0.3, -0.25) is 0 Å². The van der Waals surface area contributed by atoms with Gasteiger partial charge in [0.1, 0.15) is 11.1 Å². The van der Waals surface area contributed by atoms with E-state index in [0.717, 1.165) is 32.1 Å². The number of methoxy groups -OCH3 is 1. The summed E-state index contributed by atoms with van der Waals surface area (Å²) in [6.45, 7) is 3.41. The lowest BCUT2D eigenvalue weighted by molar-refractivity contribution is -0.160. The molecule has 0 saturated heterocycles. The van der Waals surface area contributed by atoms with Gasteiger partial charge in [0.05, 0.1) is 26.4 Å². The number of benzene rings is 1. The molecule has 0 spiro atoms. The van der Waals surface area contributed by atoms with E-state index in [1.807, 2.05) is 0 Å². The molecule has 1 unspecified atom stereocenters. The van der Waals surface area contributed by atoms with Crippen LogP contribution in [0.5, 0.6) is 0 Å². The Labute approximate surface area is 187 Å². The van der Waals surface area contributed by atoms with Gasteiger partial charge in [-0.2, -0.15) is 0 Å². The van der Waals surface area contributed by atoms with Gasteiger partial charge in [-0.1, -0.05) is 49.6 Å². The molecule has 1 aromatic carbocycles. The van der Waals surface area contributed by atoms with Crippen molar-refractivity contribution in [3.8, 4) is 0 Å². The van der Waals surface area contributed by atoms with Gasteiger partial charge in [-0.25, -0.2) is 19.4 Å². The Morgan fingerprint density at radius 3 is 2.22 bits per heavy atom. The molecule has 0 amide bonds. The maximum Gasteiger partial charge on any atom is 0.360 e. The molecular weight excluding hydrogens is 414 g/mol. The van der Waals surface area contributed by atoms with E-state index in [1.165, 1.54) is 7.11 Å². The number of hydrogen-bond donors (Lipinski definition) is 0. The summed E-state index contributed by atoms with van der Waals surface area (Å²) in [5.74, 6) is -2.61. The summed E-state index contributed by atoms with van der Waals surface area (Å²) in [4.78, 5) is 44.1. The molecule has 0 bridgehead atoms. The SMILES string of the molecule is CCOC(=O)C1=C(C(=O)OCC)C(C(=O)OC)(c2ccccc2)OC1=NC1CCCCC1. The van der Waals surface area contributed by atoms with Crippen molar-refractivity contribution in [1.82, 2.24) is 0 Å². The topological polar surface area (TPSA) is 100 Å². The average molecular weight is 443 g/mol. The monoisotopic (exact) mass is 443 g/mol. The van der Waals surface area contributed by atoms with Crippen molar-refractivity contribution < 1.29 is 33.3 Å². The van der Waals surface area contributed by atoms with Crippen LogP contribution in [0.2, 0.25) is 0 Å². The lowest BCUT2D eigenvalue weighted by Gasteiger charge is -2.28. The second-order valence-corrected chi connectivity index (χ2v) is 7.56. The Kier molecular flexibility index (Phi) is 7.66. The van der Waals surface area contributed by atoms with Gasteiger partial charge in [0.2, 0.25) is 5.90 Å². The highest BCUT2D eigenvalue weighted by atomic mass is 16.6. The van der Waals surface area contributed by atoms with E-state index >= 15 is 0 Å². The molecule has 1 fully saturated rings. The van der Waals surface area contributed by atoms with Crippen molar-refractivity contribution in [2.75, 3.05) is 20.3 Å². The van der Waals surface area contributed by atoms with Gasteiger partial charge in [-0.05, 0) is 26.7 Å². The van der Waals surface area contributed by atoms with Gasteiger partial charge in [0, 0.05) is 5.56 Å². The summed E-state index contributed by atoms with van der Waals surface area (Å²) in [5.41, 5.74) is -2.17. The summed E-state index contributed by atoms with van der Waals surface area (Å²) in [5, 5.41) is 0. The standard InChI is InChI=1S/C24H29NO7/c1-4-30-21(26)18-19(22(27)31-5-2)24(23(28)29-3,16-12-8-6-9-13-16)32-20(18)25-17-14-10-7-11-15-17/h6,8-9,12-13,17H,4-5,7,10-11,14-15H2,1-3H3. The Balaban J connectivity index is 2.29. The van der Waals surface area contributed by atoms with Crippen LogP contribution in [-0.2, 0) is 38.9 Å². The fourth-order valence-electron chi connectivity index (χ4n) is 4.12. The summed E-state index contributed by atoms with van der Waals surface area (Å²) in [7, 11) is 1.19. The van der Waals surface area contributed by atoms with Crippen LogP contribution in [0.4, 0.5) is 0 Å². The summed E-state index contributed by atoms with van der Waals surface area (Å²) >= 11 is 0. The zero-order valence-electron chi connectivity index (χ0n) is 18.7. The van der Waals surface area contributed by atoms with Crippen molar-refractivity contribution in [2.45, 2.75) is 57.6 Å². The first-order valence-corrected chi connectivity index (χ1v) is 11.0. The third-order valence-corrected chi connectivity index (χ3v) is 5.55. The summed E-state index contributed by atoms with van der Waals surface area (Å²) in [6, 6.07) is 8.33. The molecule has 0 radical (unpaired) electrons. The van der Waals surface area contributed by atoms with Crippen molar-refractivity contribution >= 4 is 23.8 Å². The molecule has 1 aliphatic heterocycles. The molecule has 0 N–H and O–H groups in total. The Hall–Kier alpha value is -3.16. The second-order valence-electron chi connectivity index (χ2n) is 7.56. The highest BCUT2D eigenvalue weighted by Gasteiger charge is 2.60. The first-order valence-electron chi connectivity index (χ1n) is 11.0. The summed E-state index contributed by atoms with van der Waals surface area (Å²) < 4.78 is 21.7. The second kappa shape index (κ2) is 10.4. The third kappa shape index (κ3) is 4.40. The number of hydrogen-bond acceptors (Lipinski definition) is 8. The molecule has 172 valence electrons. The molecule has 32 heavy (non-hydrogen) atoms. The molecule has 8 heteroatoms. The van der Waals surface area contributed by atoms with Gasteiger partial charge in [0.25, 0.3) is 5.60 Å². The van der Waals surface area contributed by atoms with E-state index in [0.29, 0.717) is 5.56 Å². The highest BCUT2D eigenvalue weighted by molar-refractivity contribution is 6.26. The number of ether oxygens (including phenoxy) is 4. The van der Waals surface area contributed by atoms with Gasteiger partial charge < -0.3 is 18.9 Å². The van der Waals surface area contributed by atoms with E-state index in [4.69, 9.17) is 18.9 Å². The minimum Gasteiger partial charge on any atom is -0.466 e. The number of rotatable bonds is 7. The fraction of sp³-hybridized carbons (Fsp3) is 0.500. The van der Waals surface area contributed by atoms with E-state index in [2.05, 4.69) is 4.99 Å². The molecule has 1 saturated carbocycles. The molecule has 0 aromatic heterocycles. The Bertz CT molecular complexity index is 916. The normalized spacial score (nSPS) is 22.4. The number of carbonyl (C=O) groups excluding carboxylic acids is 3.